The number of aliphatic imine (C=N–C) groups is 1. The van der Waals surface area contributed by atoms with Crippen molar-refractivity contribution in [3.8, 4) is 5.75 Å². The number of guanidine groups is 1. The maximum Gasteiger partial charge on any atom is 0.191 e. The molecule has 154 valence electrons. The van der Waals surface area contributed by atoms with Crippen LogP contribution >= 0.6 is 24.0 Å². The molecule has 0 aliphatic rings. The van der Waals surface area contributed by atoms with Crippen molar-refractivity contribution in [3.63, 3.8) is 0 Å². The highest BCUT2D eigenvalue weighted by Gasteiger charge is 2.04. The van der Waals surface area contributed by atoms with E-state index in [-0.39, 0.29) is 24.0 Å². The van der Waals surface area contributed by atoms with Gasteiger partial charge in [0.25, 0.3) is 0 Å². The second-order valence-corrected chi connectivity index (χ2v) is 6.28. The van der Waals surface area contributed by atoms with E-state index in [1.807, 2.05) is 53.1 Å². The van der Waals surface area contributed by atoms with Crippen LogP contribution in [0.3, 0.4) is 0 Å². The Hall–Kier alpha value is -2.55. The standard InChI is InChI=1S/C22H27N5O.HI/c1-3-15-28-20-10-6-5-9-18(20)16-25-22(23-4-2)24-13-12-19-17-27-14-8-7-11-21(27)26-19;/h3,5-11,14,17H,1,4,12-13,15-16H2,2H3,(H2,23,24,25);1H. The van der Waals surface area contributed by atoms with Crippen molar-refractivity contribution >= 4 is 35.6 Å². The summed E-state index contributed by atoms with van der Waals surface area (Å²) in [5, 5.41) is 6.66. The van der Waals surface area contributed by atoms with Crippen molar-refractivity contribution < 1.29 is 4.74 Å². The zero-order valence-electron chi connectivity index (χ0n) is 16.7. The van der Waals surface area contributed by atoms with Crippen LogP contribution in [0, 0.1) is 0 Å². The van der Waals surface area contributed by atoms with Crippen LogP contribution in [-0.2, 0) is 13.0 Å². The number of hydrogen-bond acceptors (Lipinski definition) is 3. The smallest absolute Gasteiger partial charge is 0.191 e. The normalized spacial score (nSPS) is 11.0. The molecule has 2 heterocycles. The summed E-state index contributed by atoms with van der Waals surface area (Å²) in [7, 11) is 0. The number of rotatable bonds is 9. The van der Waals surface area contributed by atoms with E-state index in [2.05, 4.69) is 40.3 Å². The molecule has 2 N–H and O–H groups in total. The minimum atomic E-state index is 0. The predicted octanol–water partition coefficient (Wildman–Crippen LogP) is 3.81. The topological polar surface area (TPSA) is 63.0 Å². The van der Waals surface area contributed by atoms with E-state index in [0.717, 1.165) is 48.1 Å². The van der Waals surface area contributed by atoms with Gasteiger partial charge in [0.15, 0.2) is 5.96 Å². The summed E-state index contributed by atoms with van der Waals surface area (Å²) < 4.78 is 7.74. The molecule has 0 saturated heterocycles. The maximum absolute atomic E-state index is 5.71. The number of nitrogens with one attached hydrogen (secondary N) is 2. The van der Waals surface area contributed by atoms with Crippen LogP contribution in [-0.4, -0.2) is 35.0 Å². The number of pyridine rings is 1. The van der Waals surface area contributed by atoms with Crippen molar-refractivity contribution in [2.45, 2.75) is 19.9 Å². The molecular weight excluding hydrogens is 477 g/mol. The zero-order chi connectivity index (χ0) is 19.6. The predicted molar refractivity (Wildman–Crippen MR) is 129 cm³/mol. The third kappa shape index (κ3) is 6.77. The third-order valence-corrected chi connectivity index (χ3v) is 4.17. The van der Waals surface area contributed by atoms with Gasteiger partial charge in [-0.3, -0.25) is 0 Å². The highest BCUT2D eigenvalue weighted by atomic mass is 127. The van der Waals surface area contributed by atoms with Crippen molar-refractivity contribution in [3.05, 3.63) is 78.8 Å². The molecule has 29 heavy (non-hydrogen) atoms. The monoisotopic (exact) mass is 505 g/mol. The molecule has 0 aliphatic heterocycles. The fraction of sp³-hybridized carbons (Fsp3) is 0.273. The Morgan fingerprint density at radius 3 is 2.83 bits per heavy atom. The lowest BCUT2D eigenvalue weighted by atomic mass is 10.2. The van der Waals surface area contributed by atoms with E-state index >= 15 is 0 Å². The van der Waals surface area contributed by atoms with Gasteiger partial charge in [-0.25, -0.2) is 9.98 Å². The summed E-state index contributed by atoms with van der Waals surface area (Å²) in [6.45, 7) is 8.33. The number of nitrogens with zero attached hydrogens (tertiary/aromatic N) is 3. The molecule has 3 aromatic rings. The Morgan fingerprint density at radius 2 is 2.03 bits per heavy atom. The van der Waals surface area contributed by atoms with Crippen molar-refractivity contribution in [1.82, 2.24) is 20.0 Å². The van der Waals surface area contributed by atoms with Gasteiger partial charge in [0.05, 0.1) is 12.2 Å². The van der Waals surface area contributed by atoms with Crippen LogP contribution in [0.5, 0.6) is 5.75 Å². The van der Waals surface area contributed by atoms with E-state index in [0.29, 0.717) is 13.2 Å². The second-order valence-electron chi connectivity index (χ2n) is 6.28. The molecule has 0 saturated carbocycles. The zero-order valence-corrected chi connectivity index (χ0v) is 19.0. The van der Waals surface area contributed by atoms with Gasteiger partial charge < -0.3 is 19.8 Å². The highest BCUT2D eigenvalue weighted by Crippen LogP contribution is 2.18. The van der Waals surface area contributed by atoms with Crippen molar-refractivity contribution in [2.75, 3.05) is 19.7 Å². The molecule has 0 aliphatic carbocycles. The number of hydrogen-bond donors (Lipinski definition) is 2. The Bertz CT molecular complexity index is 905. The van der Waals surface area contributed by atoms with E-state index in [9.17, 15) is 0 Å². The number of halogens is 1. The third-order valence-electron chi connectivity index (χ3n) is 4.17. The van der Waals surface area contributed by atoms with Gasteiger partial charge in [-0.2, -0.15) is 0 Å². The molecule has 3 rings (SSSR count). The summed E-state index contributed by atoms with van der Waals surface area (Å²) in [6.07, 6.45) is 6.64. The Morgan fingerprint density at radius 1 is 1.21 bits per heavy atom. The molecule has 2 aromatic heterocycles. The minimum absolute atomic E-state index is 0. The van der Waals surface area contributed by atoms with Crippen LogP contribution in [0.15, 0.2) is 72.5 Å². The number of benzene rings is 1. The van der Waals surface area contributed by atoms with Crippen LogP contribution in [0.1, 0.15) is 18.2 Å². The van der Waals surface area contributed by atoms with E-state index in [1.54, 1.807) is 6.08 Å². The van der Waals surface area contributed by atoms with E-state index < -0.39 is 0 Å². The molecule has 7 heteroatoms. The molecule has 0 amide bonds. The van der Waals surface area contributed by atoms with Crippen LogP contribution in [0.2, 0.25) is 0 Å². The van der Waals surface area contributed by atoms with E-state index in [4.69, 9.17) is 4.74 Å². The van der Waals surface area contributed by atoms with Crippen LogP contribution < -0.4 is 15.4 Å². The summed E-state index contributed by atoms with van der Waals surface area (Å²) in [5.74, 6) is 1.62. The average Bonchev–Trinajstić information content (AvgIpc) is 3.14. The molecule has 6 nitrogen and oxygen atoms in total. The van der Waals surface area contributed by atoms with Gasteiger partial charge in [-0.05, 0) is 25.1 Å². The molecule has 0 bridgehead atoms. The summed E-state index contributed by atoms with van der Waals surface area (Å²) in [4.78, 5) is 9.32. The van der Waals surface area contributed by atoms with Gasteiger partial charge in [-0.15, -0.1) is 24.0 Å². The number of ether oxygens (including phenoxy) is 1. The second kappa shape index (κ2) is 12.1. The number of aromatic nitrogens is 2. The van der Waals surface area contributed by atoms with Gasteiger partial charge in [0, 0.05) is 37.5 Å². The molecule has 0 fully saturated rings. The quantitative estimate of drug-likeness (QED) is 0.201. The molecular formula is C22H28IN5O. The summed E-state index contributed by atoms with van der Waals surface area (Å²) >= 11 is 0. The lowest BCUT2D eigenvalue weighted by Crippen LogP contribution is -2.38. The maximum atomic E-state index is 5.71. The summed E-state index contributed by atoms with van der Waals surface area (Å²) in [6, 6.07) is 14.0. The van der Waals surface area contributed by atoms with Crippen LogP contribution in [0.25, 0.3) is 5.65 Å². The highest BCUT2D eigenvalue weighted by molar-refractivity contribution is 14.0. The molecule has 0 atom stereocenters. The largest absolute Gasteiger partial charge is 0.489 e. The molecule has 0 unspecified atom stereocenters. The van der Waals surface area contributed by atoms with Crippen LogP contribution in [0.4, 0.5) is 0 Å². The first-order valence-electron chi connectivity index (χ1n) is 9.56. The van der Waals surface area contributed by atoms with E-state index in [1.165, 1.54) is 0 Å². The van der Waals surface area contributed by atoms with Gasteiger partial charge in [0.2, 0.25) is 0 Å². The van der Waals surface area contributed by atoms with Gasteiger partial charge in [0.1, 0.15) is 18.0 Å². The molecule has 0 radical (unpaired) electrons. The fourth-order valence-corrected chi connectivity index (χ4v) is 2.85. The Balaban J connectivity index is 0.00000300. The number of imidazole rings is 1. The average molecular weight is 505 g/mol. The Kier molecular flexibility index (Phi) is 9.49. The number of para-hydroxylation sites is 1. The fourth-order valence-electron chi connectivity index (χ4n) is 2.85. The SMILES string of the molecule is C=CCOc1ccccc1CN=C(NCC)NCCc1cn2ccccc2n1.I. The Labute approximate surface area is 189 Å². The lowest BCUT2D eigenvalue weighted by molar-refractivity contribution is 0.359. The number of fused-ring (bicyclic) bond motifs is 1. The minimum Gasteiger partial charge on any atom is -0.489 e. The van der Waals surface area contributed by atoms with Gasteiger partial charge >= 0.3 is 0 Å². The molecule has 1 aromatic carbocycles. The first-order valence-corrected chi connectivity index (χ1v) is 9.56. The summed E-state index contributed by atoms with van der Waals surface area (Å²) in [5.41, 5.74) is 3.06. The first kappa shape index (κ1) is 22.7. The first-order chi connectivity index (χ1) is 13.8. The lowest BCUT2D eigenvalue weighted by Gasteiger charge is -2.12. The van der Waals surface area contributed by atoms with Crippen molar-refractivity contribution in [1.29, 1.82) is 0 Å². The van der Waals surface area contributed by atoms with Crippen molar-refractivity contribution in [2.24, 2.45) is 4.99 Å². The molecule has 0 spiro atoms. The van der Waals surface area contributed by atoms with Gasteiger partial charge in [-0.1, -0.05) is 36.9 Å².